The van der Waals surface area contributed by atoms with Crippen molar-refractivity contribution < 1.29 is 28.5 Å². The highest BCUT2D eigenvalue weighted by Crippen LogP contribution is 2.39. The zero-order valence-electron chi connectivity index (χ0n) is 17.5. The number of hydrazone groups is 1. The molecule has 2 N–H and O–H groups in total. The molecule has 1 fully saturated rings. The van der Waals surface area contributed by atoms with Crippen molar-refractivity contribution in [3.05, 3.63) is 53.3 Å². The van der Waals surface area contributed by atoms with Gasteiger partial charge in [-0.05, 0) is 35.9 Å². The van der Waals surface area contributed by atoms with Gasteiger partial charge in [0.25, 0.3) is 0 Å². The largest absolute Gasteiger partial charge is 0.493 e. The van der Waals surface area contributed by atoms with Crippen LogP contribution in [0, 0.1) is 11.3 Å². The maximum atomic E-state index is 13.3. The number of allylic oxidation sites excluding steroid dienone is 2. The van der Waals surface area contributed by atoms with E-state index in [1.54, 1.807) is 36.4 Å². The SMILES string of the molecule is COc1ccc(/C(C#N)=C2/O/C(=N/N)C(c3ccc(OC)c(OC)c3)C2=O)cc1OC. The Morgan fingerprint density at radius 2 is 1.55 bits per heavy atom. The first-order chi connectivity index (χ1) is 15.0. The first kappa shape index (κ1) is 21.5. The molecule has 1 saturated heterocycles. The lowest BCUT2D eigenvalue weighted by Crippen LogP contribution is -2.15. The number of carbonyl (C=O) groups is 1. The fraction of sp³-hybridized carbons (Fsp3) is 0.227. The lowest BCUT2D eigenvalue weighted by Gasteiger charge is -2.12. The molecule has 1 unspecified atom stereocenters. The van der Waals surface area contributed by atoms with Gasteiger partial charge in [0.05, 0.1) is 28.4 Å². The third kappa shape index (κ3) is 3.83. The molecule has 0 aliphatic carbocycles. The highest BCUT2D eigenvalue weighted by atomic mass is 16.5. The summed E-state index contributed by atoms with van der Waals surface area (Å²) in [5.74, 6) is 5.75. The summed E-state index contributed by atoms with van der Waals surface area (Å²) in [6.45, 7) is 0. The number of Topliss-reactive ketones (excluding diaryl/α,β-unsaturated/α-hetero) is 1. The van der Waals surface area contributed by atoms with Crippen LogP contribution in [0.1, 0.15) is 17.0 Å². The highest BCUT2D eigenvalue weighted by molar-refractivity contribution is 6.22. The van der Waals surface area contributed by atoms with Crippen LogP contribution in [0.5, 0.6) is 23.0 Å². The maximum absolute atomic E-state index is 13.3. The van der Waals surface area contributed by atoms with Crippen LogP contribution in [-0.4, -0.2) is 40.1 Å². The smallest absolute Gasteiger partial charge is 0.227 e. The molecule has 1 atom stereocenters. The van der Waals surface area contributed by atoms with Crippen LogP contribution >= 0.6 is 0 Å². The molecule has 3 rings (SSSR count). The molecule has 160 valence electrons. The molecule has 1 aliphatic heterocycles. The third-order valence-electron chi connectivity index (χ3n) is 4.82. The van der Waals surface area contributed by atoms with Crippen molar-refractivity contribution in [2.45, 2.75) is 5.92 Å². The zero-order valence-corrected chi connectivity index (χ0v) is 17.5. The molecule has 0 aromatic heterocycles. The standard InChI is InChI=1S/C22H21N3O6/c1-27-15-7-5-12(9-17(15)29-3)14(11-23)21-20(26)19(22(25-24)31-21)13-6-8-16(28-2)18(10-13)30-4/h5-10,19H,24H2,1-4H3/b21-14+,25-22+. The van der Waals surface area contributed by atoms with E-state index in [-0.39, 0.29) is 17.2 Å². The van der Waals surface area contributed by atoms with E-state index in [2.05, 4.69) is 5.10 Å². The van der Waals surface area contributed by atoms with Crippen molar-refractivity contribution in [3.63, 3.8) is 0 Å². The van der Waals surface area contributed by atoms with Crippen LogP contribution in [0.25, 0.3) is 5.57 Å². The molecular weight excluding hydrogens is 402 g/mol. The maximum Gasteiger partial charge on any atom is 0.227 e. The Morgan fingerprint density at radius 1 is 0.968 bits per heavy atom. The summed E-state index contributed by atoms with van der Waals surface area (Å²) >= 11 is 0. The monoisotopic (exact) mass is 423 g/mol. The molecule has 0 spiro atoms. The van der Waals surface area contributed by atoms with Crippen molar-refractivity contribution in [1.82, 2.24) is 0 Å². The van der Waals surface area contributed by atoms with E-state index in [0.29, 0.717) is 34.1 Å². The van der Waals surface area contributed by atoms with Gasteiger partial charge in [0.15, 0.2) is 28.8 Å². The molecule has 9 heteroatoms. The fourth-order valence-corrected chi connectivity index (χ4v) is 3.30. The second-order valence-electron chi connectivity index (χ2n) is 6.37. The van der Waals surface area contributed by atoms with Crippen molar-refractivity contribution in [2.24, 2.45) is 10.9 Å². The number of nitriles is 1. The van der Waals surface area contributed by atoms with Gasteiger partial charge in [-0.2, -0.15) is 5.26 Å². The summed E-state index contributed by atoms with van der Waals surface area (Å²) in [6.07, 6.45) is 0. The predicted octanol–water partition coefficient (Wildman–Crippen LogP) is 2.61. The molecule has 0 bridgehead atoms. The van der Waals surface area contributed by atoms with E-state index in [1.807, 2.05) is 6.07 Å². The van der Waals surface area contributed by atoms with E-state index in [1.165, 1.54) is 28.4 Å². The van der Waals surface area contributed by atoms with E-state index in [4.69, 9.17) is 29.5 Å². The number of carbonyl (C=O) groups excluding carboxylic acids is 1. The molecule has 1 aliphatic rings. The lowest BCUT2D eigenvalue weighted by molar-refractivity contribution is -0.115. The number of nitrogens with zero attached hydrogens (tertiary/aromatic N) is 2. The van der Waals surface area contributed by atoms with Gasteiger partial charge in [-0.3, -0.25) is 4.79 Å². The Labute approximate surface area is 179 Å². The quantitative estimate of drug-likeness (QED) is 0.325. The van der Waals surface area contributed by atoms with E-state index >= 15 is 0 Å². The Bertz CT molecular complexity index is 1120. The molecule has 2 aromatic carbocycles. The summed E-state index contributed by atoms with van der Waals surface area (Å²) in [6, 6.07) is 11.9. The number of hydrogen-bond donors (Lipinski definition) is 1. The van der Waals surface area contributed by atoms with Crippen LogP contribution < -0.4 is 24.8 Å². The minimum absolute atomic E-state index is 0.0232. The molecule has 31 heavy (non-hydrogen) atoms. The lowest BCUT2D eigenvalue weighted by atomic mass is 9.93. The molecule has 0 saturated carbocycles. The number of ketones is 1. The number of rotatable bonds is 6. The van der Waals surface area contributed by atoms with Crippen LogP contribution in [-0.2, 0) is 9.53 Å². The van der Waals surface area contributed by atoms with Gasteiger partial charge in [-0.15, -0.1) is 5.10 Å². The Balaban J connectivity index is 2.11. The molecule has 2 aromatic rings. The van der Waals surface area contributed by atoms with Crippen LogP contribution in [0.15, 0.2) is 47.3 Å². The van der Waals surface area contributed by atoms with Crippen molar-refractivity contribution >= 4 is 17.3 Å². The Hall–Kier alpha value is -4.19. The van der Waals surface area contributed by atoms with Gasteiger partial charge in [-0.25, -0.2) is 0 Å². The molecule has 1 heterocycles. The first-order valence-corrected chi connectivity index (χ1v) is 9.11. The number of nitrogens with two attached hydrogens (primary N) is 1. The minimum atomic E-state index is -0.927. The summed E-state index contributed by atoms with van der Waals surface area (Å²) in [7, 11) is 5.98. The summed E-state index contributed by atoms with van der Waals surface area (Å²) < 4.78 is 26.7. The summed E-state index contributed by atoms with van der Waals surface area (Å²) in [5, 5.41) is 13.4. The Kier molecular flexibility index (Phi) is 6.31. The number of methoxy groups -OCH3 is 4. The van der Waals surface area contributed by atoms with Crippen LogP contribution in [0.2, 0.25) is 0 Å². The highest BCUT2D eigenvalue weighted by Gasteiger charge is 2.42. The third-order valence-corrected chi connectivity index (χ3v) is 4.82. The zero-order chi connectivity index (χ0) is 22.5. The molecular formula is C22H21N3O6. The van der Waals surface area contributed by atoms with Gasteiger partial charge in [-0.1, -0.05) is 6.07 Å². The summed E-state index contributed by atoms with van der Waals surface area (Å²) in [5.41, 5.74) is 0.981. The van der Waals surface area contributed by atoms with Crippen LogP contribution in [0.3, 0.4) is 0 Å². The molecule has 0 radical (unpaired) electrons. The van der Waals surface area contributed by atoms with E-state index in [9.17, 15) is 10.1 Å². The fourth-order valence-electron chi connectivity index (χ4n) is 3.30. The predicted molar refractivity (Wildman–Crippen MR) is 112 cm³/mol. The average Bonchev–Trinajstić information content (AvgIpc) is 3.14. The van der Waals surface area contributed by atoms with Gasteiger partial charge in [0.2, 0.25) is 11.7 Å². The molecule has 0 amide bonds. The Morgan fingerprint density at radius 3 is 2.10 bits per heavy atom. The van der Waals surface area contributed by atoms with Gasteiger partial charge in [0.1, 0.15) is 17.6 Å². The number of ether oxygens (including phenoxy) is 5. The van der Waals surface area contributed by atoms with Crippen molar-refractivity contribution in [3.8, 4) is 29.1 Å². The van der Waals surface area contributed by atoms with Crippen molar-refractivity contribution in [2.75, 3.05) is 28.4 Å². The van der Waals surface area contributed by atoms with E-state index in [0.717, 1.165) is 0 Å². The van der Waals surface area contributed by atoms with Crippen LogP contribution in [0.4, 0.5) is 0 Å². The van der Waals surface area contributed by atoms with Gasteiger partial charge < -0.3 is 29.5 Å². The number of hydrogen-bond acceptors (Lipinski definition) is 9. The van der Waals surface area contributed by atoms with Gasteiger partial charge >= 0.3 is 0 Å². The second-order valence-corrected chi connectivity index (χ2v) is 6.37. The summed E-state index contributed by atoms with van der Waals surface area (Å²) in [4.78, 5) is 13.3. The average molecular weight is 423 g/mol. The second kappa shape index (κ2) is 9.09. The topological polar surface area (TPSA) is 125 Å². The van der Waals surface area contributed by atoms with Gasteiger partial charge in [0, 0.05) is 5.56 Å². The number of benzene rings is 2. The normalized spacial score (nSPS) is 18.2. The first-order valence-electron chi connectivity index (χ1n) is 9.11. The molecule has 9 nitrogen and oxygen atoms in total. The van der Waals surface area contributed by atoms with Crippen molar-refractivity contribution in [1.29, 1.82) is 5.26 Å². The minimum Gasteiger partial charge on any atom is -0.493 e. The van der Waals surface area contributed by atoms with E-state index < -0.39 is 11.7 Å².